The van der Waals surface area contributed by atoms with Gasteiger partial charge in [0.25, 0.3) is 0 Å². The van der Waals surface area contributed by atoms with Crippen LogP contribution in [0, 0.1) is 5.41 Å². The number of hydrogen-bond donors (Lipinski definition) is 1. The number of ketones is 1. The van der Waals surface area contributed by atoms with Gasteiger partial charge in [0.05, 0.1) is 6.42 Å². The highest BCUT2D eigenvalue weighted by Gasteiger charge is 2.24. The van der Waals surface area contributed by atoms with E-state index in [0.717, 1.165) is 6.42 Å². The lowest BCUT2D eigenvalue weighted by Crippen LogP contribution is -2.23. The maximum atomic E-state index is 11.3. The Hall–Kier alpha value is -0.860. The largest absolute Gasteiger partial charge is 0.481 e. The summed E-state index contributed by atoms with van der Waals surface area (Å²) in [5, 5.41) is 8.35. The first-order chi connectivity index (χ1) is 5.40. The number of carbonyl (C=O) groups is 2. The molecule has 12 heavy (non-hydrogen) atoms. The van der Waals surface area contributed by atoms with E-state index in [1.165, 1.54) is 0 Å². The van der Waals surface area contributed by atoms with Crippen LogP contribution in [0.25, 0.3) is 0 Å². The minimum Gasteiger partial charge on any atom is -0.481 e. The molecule has 70 valence electrons. The summed E-state index contributed by atoms with van der Waals surface area (Å²) in [5.74, 6) is -0.873. The molecule has 0 saturated carbocycles. The van der Waals surface area contributed by atoms with E-state index in [1.807, 2.05) is 20.8 Å². The van der Waals surface area contributed by atoms with Crippen molar-refractivity contribution in [3.8, 4) is 0 Å². The minimum absolute atomic E-state index is 0.0346. The number of hydrogen-bond acceptors (Lipinski definition) is 2. The Morgan fingerprint density at radius 3 is 2.08 bits per heavy atom. The molecule has 0 heterocycles. The van der Waals surface area contributed by atoms with Gasteiger partial charge in [-0.3, -0.25) is 9.59 Å². The summed E-state index contributed by atoms with van der Waals surface area (Å²) in [4.78, 5) is 21.5. The van der Waals surface area contributed by atoms with Crippen LogP contribution in [0.1, 0.15) is 40.0 Å². The molecule has 0 aromatic carbocycles. The van der Waals surface area contributed by atoms with Gasteiger partial charge >= 0.3 is 5.97 Å². The molecule has 0 saturated heterocycles. The first kappa shape index (κ1) is 11.1. The second-order valence-corrected chi connectivity index (χ2v) is 3.55. The number of Topliss-reactive ketones (excluding diaryl/α,β-unsaturated/α-hetero) is 1. The van der Waals surface area contributed by atoms with Crippen molar-refractivity contribution in [1.29, 1.82) is 0 Å². The van der Waals surface area contributed by atoms with Gasteiger partial charge in [-0.2, -0.15) is 0 Å². The Bertz CT molecular complexity index is 182. The molecule has 0 fully saturated rings. The summed E-state index contributed by atoms with van der Waals surface area (Å²) in [6, 6.07) is 0. The molecule has 3 nitrogen and oxygen atoms in total. The van der Waals surface area contributed by atoms with Crippen LogP contribution in [0.3, 0.4) is 0 Å². The van der Waals surface area contributed by atoms with Crippen molar-refractivity contribution in [2.45, 2.75) is 40.0 Å². The maximum Gasteiger partial charge on any atom is 0.303 e. The topological polar surface area (TPSA) is 54.4 Å². The van der Waals surface area contributed by atoms with Gasteiger partial charge in [0, 0.05) is 11.8 Å². The molecule has 0 aromatic rings. The monoisotopic (exact) mass is 172 g/mol. The van der Waals surface area contributed by atoms with Crippen LogP contribution in [0.15, 0.2) is 0 Å². The van der Waals surface area contributed by atoms with E-state index in [9.17, 15) is 9.59 Å². The molecular weight excluding hydrogens is 156 g/mol. The first-order valence-electron chi connectivity index (χ1n) is 4.15. The minimum atomic E-state index is -0.907. The highest BCUT2D eigenvalue weighted by atomic mass is 16.4. The van der Waals surface area contributed by atoms with Crippen molar-refractivity contribution >= 4 is 11.8 Å². The molecular formula is C9H16O3. The average Bonchev–Trinajstić information content (AvgIpc) is 2.00. The third kappa shape index (κ3) is 3.51. The summed E-state index contributed by atoms with van der Waals surface area (Å²) in [6.07, 6.45) is 0.851. The smallest absolute Gasteiger partial charge is 0.303 e. The van der Waals surface area contributed by atoms with Crippen molar-refractivity contribution in [2.75, 3.05) is 0 Å². The number of carboxylic acids is 1. The lowest BCUT2D eigenvalue weighted by atomic mass is 9.83. The summed E-state index contributed by atoms with van der Waals surface area (Å²) < 4.78 is 0. The lowest BCUT2D eigenvalue weighted by molar-refractivity contribution is -0.139. The number of rotatable bonds is 5. The summed E-state index contributed by atoms with van der Waals surface area (Å²) >= 11 is 0. The van der Waals surface area contributed by atoms with E-state index in [0.29, 0.717) is 0 Å². The highest BCUT2D eigenvalue weighted by molar-refractivity contribution is 5.86. The maximum absolute atomic E-state index is 11.3. The predicted molar refractivity (Wildman–Crippen MR) is 45.9 cm³/mol. The molecule has 0 bridgehead atoms. The van der Waals surface area contributed by atoms with E-state index in [4.69, 9.17) is 5.11 Å². The van der Waals surface area contributed by atoms with Crippen LogP contribution in [0.2, 0.25) is 0 Å². The first-order valence-corrected chi connectivity index (χ1v) is 4.15. The zero-order valence-electron chi connectivity index (χ0n) is 7.89. The number of carbonyl (C=O) groups excluding carboxylic acids is 1. The van der Waals surface area contributed by atoms with Gasteiger partial charge in [-0.25, -0.2) is 0 Å². The fourth-order valence-corrected chi connectivity index (χ4v) is 0.756. The molecule has 0 unspecified atom stereocenters. The Labute approximate surface area is 72.8 Å². The molecule has 0 spiro atoms. The summed E-state index contributed by atoms with van der Waals surface area (Å²) in [6.45, 7) is 5.62. The summed E-state index contributed by atoms with van der Waals surface area (Å²) in [5.41, 5.74) is -0.366. The molecule has 3 heteroatoms. The molecule has 1 N–H and O–H groups in total. The molecule has 0 aliphatic heterocycles. The Morgan fingerprint density at radius 2 is 1.75 bits per heavy atom. The molecule has 0 aliphatic rings. The fraction of sp³-hybridized carbons (Fsp3) is 0.778. The zero-order valence-corrected chi connectivity index (χ0v) is 7.89. The van der Waals surface area contributed by atoms with E-state index in [1.54, 1.807) is 0 Å². The van der Waals surface area contributed by atoms with Gasteiger partial charge in [-0.15, -0.1) is 0 Å². The number of carboxylic acid groups (broad SMARTS) is 1. The Kier molecular flexibility index (Phi) is 3.93. The molecule has 0 aromatic heterocycles. The van der Waals surface area contributed by atoms with Crippen molar-refractivity contribution in [2.24, 2.45) is 5.41 Å². The van der Waals surface area contributed by atoms with E-state index in [-0.39, 0.29) is 24.0 Å². The van der Waals surface area contributed by atoms with Gasteiger partial charge in [0.15, 0.2) is 0 Å². The standard InChI is InChI=1S/C9H16O3/c1-4-9(2,3)7(10)5-6-8(11)12/h4-6H2,1-3H3,(H,11,12). The third-order valence-corrected chi connectivity index (χ3v) is 2.20. The second-order valence-electron chi connectivity index (χ2n) is 3.55. The van der Waals surface area contributed by atoms with Gasteiger partial charge in [0.2, 0.25) is 0 Å². The van der Waals surface area contributed by atoms with E-state index < -0.39 is 5.97 Å². The SMILES string of the molecule is CCC(C)(C)C(=O)CCC(=O)O. The molecule has 0 atom stereocenters. The van der Waals surface area contributed by atoms with Crippen molar-refractivity contribution < 1.29 is 14.7 Å². The van der Waals surface area contributed by atoms with Gasteiger partial charge < -0.3 is 5.11 Å². The second kappa shape index (κ2) is 4.24. The van der Waals surface area contributed by atoms with Crippen LogP contribution in [0.5, 0.6) is 0 Å². The zero-order chi connectivity index (χ0) is 9.78. The average molecular weight is 172 g/mol. The normalized spacial score (nSPS) is 11.2. The quantitative estimate of drug-likeness (QED) is 0.688. The van der Waals surface area contributed by atoms with Gasteiger partial charge in [-0.05, 0) is 6.42 Å². The van der Waals surface area contributed by atoms with Crippen LogP contribution in [0.4, 0.5) is 0 Å². The van der Waals surface area contributed by atoms with E-state index >= 15 is 0 Å². The molecule has 0 rings (SSSR count). The van der Waals surface area contributed by atoms with Crippen LogP contribution in [-0.2, 0) is 9.59 Å². The summed E-state index contributed by atoms with van der Waals surface area (Å²) in [7, 11) is 0. The molecule has 0 amide bonds. The third-order valence-electron chi connectivity index (χ3n) is 2.20. The van der Waals surface area contributed by atoms with Crippen molar-refractivity contribution in [3.63, 3.8) is 0 Å². The lowest BCUT2D eigenvalue weighted by Gasteiger charge is -2.19. The van der Waals surface area contributed by atoms with Crippen molar-refractivity contribution in [1.82, 2.24) is 0 Å². The highest BCUT2D eigenvalue weighted by Crippen LogP contribution is 2.23. The fourth-order valence-electron chi connectivity index (χ4n) is 0.756. The van der Waals surface area contributed by atoms with Crippen LogP contribution in [-0.4, -0.2) is 16.9 Å². The predicted octanol–water partition coefficient (Wildman–Crippen LogP) is 1.86. The molecule has 0 aliphatic carbocycles. The Morgan fingerprint density at radius 1 is 1.25 bits per heavy atom. The van der Waals surface area contributed by atoms with Gasteiger partial charge in [-0.1, -0.05) is 20.8 Å². The van der Waals surface area contributed by atoms with Crippen LogP contribution < -0.4 is 0 Å². The van der Waals surface area contributed by atoms with Crippen molar-refractivity contribution in [3.05, 3.63) is 0 Å². The number of aliphatic carboxylic acids is 1. The van der Waals surface area contributed by atoms with E-state index in [2.05, 4.69) is 0 Å². The van der Waals surface area contributed by atoms with Gasteiger partial charge in [0.1, 0.15) is 5.78 Å². The Balaban J connectivity index is 3.96. The molecule has 0 radical (unpaired) electrons. The van der Waals surface area contributed by atoms with Crippen LogP contribution >= 0.6 is 0 Å².